The molecule has 0 bridgehead atoms. The largest absolute Gasteiger partial charge is 0.424 e. The zero-order chi connectivity index (χ0) is 22.3. The fraction of sp³-hybridized carbons (Fsp3) is 0.455. The molecule has 160 valence electrons. The number of hydrogen-bond acceptors (Lipinski definition) is 5. The molecule has 1 saturated heterocycles. The number of fused-ring (bicyclic) bond motifs is 1. The van der Waals surface area contributed by atoms with Gasteiger partial charge < -0.3 is 14.8 Å². The van der Waals surface area contributed by atoms with Gasteiger partial charge in [-0.05, 0) is 65.0 Å². The molecule has 0 unspecified atom stereocenters. The Morgan fingerprint density at radius 1 is 1.37 bits per heavy atom. The van der Waals surface area contributed by atoms with Crippen molar-refractivity contribution in [1.82, 2.24) is 10.2 Å². The van der Waals surface area contributed by atoms with Crippen LogP contribution in [-0.2, 0) is 21.7 Å². The molecule has 3 amide bonds. The minimum absolute atomic E-state index is 0.00779. The molecule has 0 aliphatic carbocycles. The molecule has 2 heterocycles. The average Bonchev–Trinajstić information content (AvgIpc) is 3.14. The van der Waals surface area contributed by atoms with Crippen molar-refractivity contribution in [3.63, 3.8) is 0 Å². The van der Waals surface area contributed by atoms with Crippen molar-refractivity contribution in [3.8, 4) is 5.75 Å². The lowest BCUT2D eigenvalue weighted by Crippen LogP contribution is -2.42. The van der Waals surface area contributed by atoms with E-state index >= 15 is 0 Å². The van der Waals surface area contributed by atoms with Crippen LogP contribution < -0.4 is 10.1 Å². The number of aryl methyl sites for hydroxylation is 1. The summed E-state index contributed by atoms with van der Waals surface area (Å²) < 4.78 is 11.8. The molecule has 0 radical (unpaired) electrons. The van der Waals surface area contributed by atoms with Gasteiger partial charge in [0.1, 0.15) is 11.3 Å². The molecule has 8 heteroatoms. The minimum atomic E-state index is -0.917. The van der Waals surface area contributed by atoms with Gasteiger partial charge in [0.15, 0.2) is 0 Å². The third kappa shape index (κ3) is 3.63. The maximum absolute atomic E-state index is 12.6. The zero-order valence-corrected chi connectivity index (χ0v) is 18.3. The van der Waals surface area contributed by atoms with Crippen LogP contribution in [0.3, 0.4) is 0 Å². The Morgan fingerprint density at radius 2 is 2.07 bits per heavy atom. The quantitative estimate of drug-likeness (QED) is 0.463. The van der Waals surface area contributed by atoms with Crippen LogP contribution in [0.2, 0.25) is 0 Å². The fourth-order valence-corrected chi connectivity index (χ4v) is 3.63. The number of carbonyl (C=O) groups is 2. The van der Waals surface area contributed by atoms with Crippen molar-refractivity contribution >= 4 is 24.7 Å². The highest BCUT2D eigenvalue weighted by Gasteiger charge is 2.47. The maximum Gasteiger partial charge on any atom is 0.329 e. The van der Waals surface area contributed by atoms with Crippen molar-refractivity contribution in [2.24, 2.45) is 9.98 Å². The van der Waals surface area contributed by atoms with Crippen LogP contribution in [-0.4, -0.2) is 35.1 Å². The Balaban J connectivity index is 1.88. The van der Waals surface area contributed by atoms with Gasteiger partial charge in [0, 0.05) is 11.3 Å². The van der Waals surface area contributed by atoms with Gasteiger partial charge in [-0.3, -0.25) is 4.79 Å². The van der Waals surface area contributed by atoms with E-state index in [4.69, 9.17) is 9.47 Å². The second kappa shape index (κ2) is 7.68. The first-order chi connectivity index (χ1) is 14.0. The molecule has 1 aromatic rings. The highest BCUT2D eigenvalue weighted by Crippen LogP contribution is 2.43. The van der Waals surface area contributed by atoms with Crippen molar-refractivity contribution < 1.29 is 19.1 Å². The van der Waals surface area contributed by atoms with Crippen LogP contribution in [0.4, 0.5) is 4.79 Å². The number of urea groups is 1. The normalized spacial score (nSPS) is 23.5. The molecule has 1 N–H and O–H groups in total. The molecule has 8 nitrogen and oxygen atoms in total. The maximum atomic E-state index is 12.6. The predicted octanol–water partition coefficient (Wildman–Crippen LogP) is 3.78. The smallest absolute Gasteiger partial charge is 0.329 e. The number of benzene rings is 1. The number of ether oxygens (including phenoxy) is 2. The number of allylic oxidation sites excluding steroid dienone is 1. The van der Waals surface area contributed by atoms with E-state index in [9.17, 15) is 9.59 Å². The molecule has 3 rings (SSSR count). The van der Waals surface area contributed by atoms with Crippen LogP contribution in [0.5, 0.6) is 5.75 Å². The molecule has 1 fully saturated rings. The Labute approximate surface area is 176 Å². The van der Waals surface area contributed by atoms with Crippen LogP contribution >= 0.6 is 0 Å². The highest BCUT2D eigenvalue weighted by atomic mass is 16.5. The summed E-state index contributed by atoms with van der Waals surface area (Å²) in [6, 6.07) is 3.34. The van der Waals surface area contributed by atoms with Gasteiger partial charge in [-0.1, -0.05) is 13.0 Å². The van der Waals surface area contributed by atoms with Crippen LogP contribution in [0.25, 0.3) is 0 Å². The van der Waals surface area contributed by atoms with Gasteiger partial charge in [0.05, 0.1) is 18.4 Å². The third-order valence-corrected chi connectivity index (χ3v) is 5.71. The molecule has 2 aliphatic rings. The standard InChI is InChI=1S/C22H28N4O4/c1-8-22(6)18(27)26(20(28)25-22)14(3)11-24-19(23-7)30-16-10-9-13(2)15-12-29-21(4,5)17(15)16/h9-11H,7-8,12H2,1-6H3,(H,25,28)/b14-11+,24-19?/t22-/m1/s1. The highest BCUT2D eigenvalue weighted by molar-refractivity contribution is 6.08. The number of nitrogens with one attached hydrogen (secondary N) is 1. The summed E-state index contributed by atoms with van der Waals surface area (Å²) >= 11 is 0. The number of imide groups is 1. The van der Waals surface area contributed by atoms with Crippen molar-refractivity contribution in [2.45, 2.75) is 65.7 Å². The summed E-state index contributed by atoms with van der Waals surface area (Å²) in [6.07, 6.45) is 1.86. The number of rotatable bonds is 4. The molecular formula is C22H28N4O4. The van der Waals surface area contributed by atoms with E-state index in [1.807, 2.05) is 39.8 Å². The van der Waals surface area contributed by atoms with Crippen LogP contribution in [0.1, 0.15) is 57.7 Å². The number of hydrogen-bond donors (Lipinski definition) is 1. The Bertz CT molecular complexity index is 980. The molecular weight excluding hydrogens is 384 g/mol. The second-order valence-corrected chi connectivity index (χ2v) is 8.23. The summed E-state index contributed by atoms with van der Waals surface area (Å²) in [6.45, 7) is 15.2. The number of carbonyl (C=O) groups excluding carboxylic acids is 2. The first-order valence-corrected chi connectivity index (χ1v) is 9.87. The Morgan fingerprint density at radius 3 is 2.67 bits per heavy atom. The summed E-state index contributed by atoms with van der Waals surface area (Å²) in [4.78, 5) is 34.0. The van der Waals surface area contributed by atoms with Gasteiger partial charge in [-0.15, -0.1) is 0 Å². The molecule has 30 heavy (non-hydrogen) atoms. The zero-order valence-electron chi connectivity index (χ0n) is 18.3. The van der Waals surface area contributed by atoms with Gasteiger partial charge in [0.25, 0.3) is 5.91 Å². The number of aliphatic imine (C=N–C) groups is 2. The molecule has 0 aromatic heterocycles. The molecule has 0 saturated carbocycles. The number of nitrogens with zero attached hydrogens (tertiary/aromatic N) is 3. The third-order valence-electron chi connectivity index (χ3n) is 5.71. The molecule has 1 atom stereocenters. The predicted molar refractivity (Wildman–Crippen MR) is 114 cm³/mol. The van der Waals surface area contributed by atoms with Gasteiger partial charge in [-0.25, -0.2) is 19.7 Å². The number of amides is 3. The van der Waals surface area contributed by atoms with Crippen molar-refractivity contribution in [1.29, 1.82) is 0 Å². The van der Waals surface area contributed by atoms with E-state index in [0.717, 1.165) is 21.6 Å². The van der Waals surface area contributed by atoms with Crippen LogP contribution in [0, 0.1) is 6.92 Å². The fourth-order valence-electron chi connectivity index (χ4n) is 3.63. The monoisotopic (exact) mass is 412 g/mol. The minimum Gasteiger partial charge on any atom is -0.424 e. The van der Waals surface area contributed by atoms with Gasteiger partial charge in [0.2, 0.25) is 0 Å². The SMILES string of the molecule is C=NC(=N/C=C(\C)N1C(=O)N[C@](C)(CC)C1=O)Oc1ccc(C)c2c1C(C)(C)OC2. The molecule has 1 aromatic carbocycles. The van der Waals surface area contributed by atoms with Crippen molar-refractivity contribution in [3.05, 3.63) is 40.7 Å². The lowest BCUT2D eigenvalue weighted by Gasteiger charge is -2.21. The van der Waals surface area contributed by atoms with E-state index in [2.05, 4.69) is 22.0 Å². The van der Waals surface area contributed by atoms with Crippen LogP contribution in [0.15, 0.2) is 34.0 Å². The van der Waals surface area contributed by atoms with E-state index in [0.29, 0.717) is 24.5 Å². The summed E-state index contributed by atoms with van der Waals surface area (Å²) in [5.41, 5.74) is 2.11. The molecule has 0 spiro atoms. The Kier molecular flexibility index (Phi) is 5.56. The van der Waals surface area contributed by atoms with E-state index in [1.165, 1.54) is 6.20 Å². The van der Waals surface area contributed by atoms with E-state index in [-0.39, 0.29) is 11.9 Å². The first-order valence-electron chi connectivity index (χ1n) is 9.87. The summed E-state index contributed by atoms with van der Waals surface area (Å²) in [5.74, 6) is 0.270. The topological polar surface area (TPSA) is 92.6 Å². The van der Waals surface area contributed by atoms with Gasteiger partial charge in [-0.2, -0.15) is 0 Å². The first kappa shape index (κ1) is 21.7. The Hall–Kier alpha value is -3.00. The lowest BCUT2D eigenvalue weighted by molar-refractivity contribution is -0.129. The summed E-state index contributed by atoms with van der Waals surface area (Å²) in [7, 11) is 0. The van der Waals surface area contributed by atoms with Gasteiger partial charge >= 0.3 is 12.1 Å². The lowest BCUT2D eigenvalue weighted by atomic mass is 9.92. The van der Waals surface area contributed by atoms with E-state index in [1.54, 1.807) is 13.8 Å². The number of amidine groups is 1. The molecule has 2 aliphatic heterocycles. The van der Waals surface area contributed by atoms with Crippen molar-refractivity contribution in [2.75, 3.05) is 0 Å². The van der Waals surface area contributed by atoms with E-state index < -0.39 is 17.2 Å². The second-order valence-electron chi connectivity index (χ2n) is 8.23. The average molecular weight is 412 g/mol. The summed E-state index contributed by atoms with van der Waals surface area (Å²) in [5, 5.41) is 2.71.